The molecule has 1 amide bonds. The number of hydrogen-bond donors (Lipinski definition) is 3. The Morgan fingerprint density at radius 1 is 1.24 bits per heavy atom. The van der Waals surface area contributed by atoms with Gasteiger partial charge in [-0.05, 0) is 25.3 Å². The largest absolute Gasteiger partial charge is 0.481 e. The van der Waals surface area contributed by atoms with Gasteiger partial charge in [0.15, 0.2) is 0 Å². The van der Waals surface area contributed by atoms with E-state index in [4.69, 9.17) is 10.8 Å². The molecule has 0 aromatic carbocycles. The lowest BCUT2D eigenvalue weighted by molar-refractivity contribution is -0.138. The van der Waals surface area contributed by atoms with Crippen LogP contribution in [-0.4, -0.2) is 30.1 Å². The molecular weight excluding hydrogens is 220 g/mol. The summed E-state index contributed by atoms with van der Waals surface area (Å²) in [4.78, 5) is 21.8. The van der Waals surface area contributed by atoms with Crippen molar-refractivity contribution < 1.29 is 14.7 Å². The Bertz CT molecular complexity index is 232. The number of rotatable bonds is 10. The van der Waals surface area contributed by atoms with Gasteiger partial charge in [0.2, 0.25) is 5.91 Å². The third kappa shape index (κ3) is 11.2. The highest BCUT2D eigenvalue weighted by atomic mass is 16.4. The summed E-state index contributed by atoms with van der Waals surface area (Å²) in [5.74, 6) is -0.836. The van der Waals surface area contributed by atoms with Crippen molar-refractivity contribution in [2.75, 3.05) is 13.1 Å². The molecule has 5 nitrogen and oxygen atoms in total. The van der Waals surface area contributed by atoms with Crippen molar-refractivity contribution in [3.8, 4) is 0 Å². The minimum atomic E-state index is -0.825. The average molecular weight is 244 g/mol. The van der Waals surface area contributed by atoms with Gasteiger partial charge < -0.3 is 16.2 Å². The van der Waals surface area contributed by atoms with E-state index in [0.717, 1.165) is 25.7 Å². The second-order valence-corrected chi connectivity index (χ2v) is 4.46. The summed E-state index contributed by atoms with van der Waals surface area (Å²) in [7, 11) is 0. The smallest absolute Gasteiger partial charge is 0.303 e. The molecule has 0 aliphatic carbocycles. The van der Waals surface area contributed by atoms with Crippen molar-refractivity contribution in [3.63, 3.8) is 0 Å². The fraction of sp³-hybridized carbons (Fsp3) is 0.833. The van der Waals surface area contributed by atoms with Gasteiger partial charge in [0.25, 0.3) is 0 Å². The number of unbranched alkanes of at least 4 members (excludes halogenated alkanes) is 3. The molecule has 0 aliphatic rings. The number of nitrogens with two attached hydrogens (primary N) is 1. The van der Waals surface area contributed by atoms with Gasteiger partial charge in [-0.3, -0.25) is 9.59 Å². The summed E-state index contributed by atoms with van der Waals surface area (Å²) in [6.07, 6.45) is 4.59. The molecule has 100 valence electrons. The molecule has 0 aromatic rings. The number of carbonyl (C=O) groups excluding carboxylic acids is 1. The summed E-state index contributed by atoms with van der Waals surface area (Å²) in [6, 6.07) is 0. The van der Waals surface area contributed by atoms with Crippen LogP contribution in [0.4, 0.5) is 0 Å². The number of amides is 1. The van der Waals surface area contributed by atoms with Gasteiger partial charge in [0.05, 0.1) is 0 Å². The number of carboxylic acid groups (broad SMARTS) is 1. The maximum atomic E-state index is 11.4. The van der Waals surface area contributed by atoms with Crippen LogP contribution in [0.2, 0.25) is 0 Å². The van der Waals surface area contributed by atoms with Crippen molar-refractivity contribution in [3.05, 3.63) is 0 Å². The third-order valence-corrected chi connectivity index (χ3v) is 2.53. The van der Waals surface area contributed by atoms with Gasteiger partial charge in [-0.1, -0.05) is 19.8 Å². The zero-order chi connectivity index (χ0) is 13.1. The lowest BCUT2D eigenvalue weighted by Crippen LogP contribution is -2.28. The average Bonchev–Trinajstić information content (AvgIpc) is 2.25. The van der Waals surface area contributed by atoms with Crippen LogP contribution in [0.3, 0.4) is 0 Å². The summed E-state index contributed by atoms with van der Waals surface area (Å²) in [5.41, 5.74) is 5.36. The van der Waals surface area contributed by atoms with Gasteiger partial charge in [0.1, 0.15) is 0 Å². The lowest BCUT2D eigenvalue weighted by Gasteiger charge is -2.10. The summed E-state index contributed by atoms with van der Waals surface area (Å²) < 4.78 is 0. The summed E-state index contributed by atoms with van der Waals surface area (Å²) >= 11 is 0. The molecule has 0 spiro atoms. The van der Waals surface area contributed by atoms with Gasteiger partial charge >= 0.3 is 5.97 Å². The zero-order valence-electron chi connectivity index (χ0n) is 10.6. The first-order valence-electron chi connectivity index (χ1n) is 6.24. The Morgan fingerprint density at radius 2 is 1.88 bits per heavy atom. The van der Waals surface area contributed by atoms with Crippen LogP contribution >= 0.6 is 0 Å². The van der Waals surface area contributed by atoms with E-state index in [1.165, 1.54) is 0 Å². The van der Waals surface area contributed by atoms with Crippen molar-refractivity contribution in [2.24, 2.45) is 11.7 Å². The normalized spacial score (nSPS) is 12.1. The topological polar surface area (TPSA) is 92.4 Å². The van der Waals surface area contributed by atoms with Gasteiger partial charge in [0, 0.05) is 19.4 Å². The lowest BCUT2D eigenvalue weighted by atomic mass is 10.1. The van der Waals surface area contributed by atoms with Crippen LogP contribution in [0.25, 0.3) is 0 Å². The highest BCUT2D eigenvalue weighted by Crippen LogP contribution is 2.03. The summed E-state index contributed by atoms with van der Waals surface area (Å²) in [6.45, 7) is 2.96. The third-order valence-electron chi connectivity index (χ3n) is 2.53. The molecule has 1 atom stereocenters. The molecule has 0 fully saturated rings. The van der Waals surface area contributed by atoms with E-state index < -0.39 is 5.97 Å². The van der Waals surface area contributed by atoms with Crippen molar-refractivity contribution >= 4 is 11.9 Å². The standard InChI is InChI=1S/C12H24N2O3/c1-10(8-12(16)17)9-14-11(15)6-4-2-3-5-7-13/h10H,2-9,13H2,1H3,(H,14,15)(H,16,17). The maximum Gasteiger partial charge on any atom is 0.303 e. The fourth-order valence-corrected chi connectivity index (χ4v) is 1.53. The number of hydrogen-bond acceptors (Lipinski definition) is 3. The highest BCUT2D eigenvalue weighted by Gasteiger charge is 2.08. The predicted octanol–water partition coefficient (Wildman–Crippen LogP) is 1.12. The van der Waals surface area contributed by atoms with Gasteiger partial charge in [-0.25, -0.2) is 0 Å². The second kappa shape index (κ2) is 10.1. The van der Waals surface area contributed by atoms with Crippen LogP contribution in [0.5, 0.6) is 0 Å². The van der Waals surface area contributed by atoms with Crippen LogP contribution in [0, 0.1) is 5.92 Å². The molecule has 0 rings (SSSR count). The second-order valence-electron chi connectivity index (χ2n) is 4.46. The maximum absolute atomic E-state index is 11.4. The Kier molecular flexibility index (Phi) is 9.43. The van der Waals surface area contributed by atoms with Gasteiger partial charge in [-0.15, -0.1) is 0 Å². The molecule has 0 radical (unpaired) electrons. The van der Waals surface area contributed by atoms with Crippen LogP contribution in [0.15, 0.2) is 0 Å². The van der Waals surface area contributed by atoms with E-state index in [2.05, 4.69) is 5.32 Å². The Labute approximate surface area is 103 Å². The van der Waals surface area contributed by atoms with E-state index in [1.807, 2.05) is 6.92 Å². The van der Waals surface area contributed by atoms with Crippen LogP contribution in [-0.2, 0) is 9.59 Å². The number of nitrogens with one attached hydrogen (secondary N) is 1. The van der Waals surface area contributed by atoms with Crippen molar-refractivity contribution in [1.82, 2.24) is 5.32 Å². The van der Waals surface area contributed by atoms with E-state index >= 15 is 0 Å². The zero-order valence-corrected chi connectivity index (χ0v) is 10.6. The molecule has 1 unspecified atom stereocenters. The molecular formula is C12H24N2O3. The van der Waals surface area contributed by atoms with Gasteiger partial charge in [-0.2, -0.15) is 0 Å². The highest BCUT2D eigenvalue weighted by molar-refractivity contribution is 5.75. The van der Waals surface area contributed by atoms with Crippen molar-refractivity contribution in [2.45, 2.75) is 45.4 Å². The fourth-order valence-electron chi connectivity index (χ4n) is 1.53. The minimum absolute atomic E-state index is 0.00925. The van der Waals surface area contributed by atoms with E-state index in [0.29, 0.717) is 19.5 Å². The molecule has 5 heteroatoms. The number of carbonyl (C=O) groups is 2. The quantitative estimate of drug-likeness (QED) is 0.502. The Morgan fingerprint density at radius 3 is 2.47 bits per heavy atom. The molecule has 0 bridgehead atoms. The first-order chi connectivity index (χ1) is 8.06. The molecule has 0 aliphatic heterocycles. The number of aliphatic carboxylic acids is 1. The molecule has 0 aromatic heterocycles. The molecule has 0 saturated carbocycles. The first kappa shape index (κ1) is 15.9. The molecule has 0 heterocycles. The van der Waals surface area contributed by atoms with E-state index in [9.17, 15) is 9.59 Å². The first-order valence-corrected chi connectivity index (χ1v) is 6.24. The van der Waals surface area contributed by atoms with E-state index in [1.54, 1.807) is 0 Å². The van der Waals surface area contributed by atoms with Crippen LogP contribution in [0.1, 0.15) is 45.4 Å². The molecule has 0 saturated heterocycles. The Balaban J connectivity index is 3.42. The van der Waals surface area contributed by atoms with E-state index in [-0.39, 0.29) is 18.2 Å². The molecule has 4 N–H and O–H groups in total. The van der Waals surface area contributed by atoms with Crippen LogP contribution < -0.4 is 11.1 Å². The summed E-state index contributed by atoms with van der Waals surface area (Å²) in [5, 5.41) is 11.3. The van der Waals surface area contributed by atoms with Crippen molar-refractivity contribution in [1.29, 1.82) is 0 Å². The monoisotopic (exact) mass is 244 g/mol. The predicted molar refractivity (Wildman–Crippen MR) is 66.6 cm³/mol. The molecule has 17 heavy (non-hydrogen) atoms. The Hall–Kier alpha value is -1.10. The SMILES string of the molecule is CC(CNC(=O)CCCCCCN)CC(=O)O. The minimum Gasteiger partial charge on any atom is -0.481 e. The number of carboxylic acids is 1.